The number of rotatable bonds is 6. The van der Waals surface area contributed by atoms with Gasteiger partial charge in [-0.05, 0) is 25.0 Å². The average Bonchev–Trinajstić information content (AvgIpc) is 3.24. The Morgan fingerprint density at radius 3 is 3.29 bits per heavy atom. The molecule has 2 aromatic heterocycles. The van der Waals surface area contributed by atoms with E-state index in [4.69, 9.17) is 9.15 Å². The van der Waals surface area contributed by atoms with E-state index < -0.39 is 0 Å². The molecule has 0 spiro atoms. The molecule has 1 aliphatic heterocycles. The number of furan rings is 1. The molecule has 1 amide bonds. The highest BCUT2D eigenvalue weighted by Gasteiger charge is 2.21. The zero-order valence-corrected chi connectivity index (χ0v) is 12.2. The molecule has 1 aliphatic rings. The van der Waals surface area contributed by atoms with Gasteiger partial charge >= 0.3 is 0 Å². The molecule has 0 aliphatic carbocycles. The minimum absolute atomic E-state index is 0.0135. The van der Waals surface area contributed by atoms with Gasteiger partial charge in [-0.1, -0.05) is 11.8 Å². The topological polar surface area (TPSA) is 93.0 Å². The molecule has 0 radical (unpaired) electrons. The third-order valence-corrected chi connectivity index (χ3v) is 3.94. The Balaban J connectivity index is 1.43. The average molecular weight is 308 g/mol. The van der Waals surface area contributed by atoms with Crippen molar-refractivity contribution in [1.82, 2.24) is 20.5 Å². The van der Waals surface area contributed by atoms with E-state index in [2.05, 4.69) is 20.5 Å². The van der Waals surface area contributed by atoms with Crippen LogP contribution in [-0.2, 0) is 16.1 Å². The van der Waals surface area contributed by atoms with E-state index in [1.54, 1.807) is 12.3 Å². The lowest BCUT2D eigenvalue weighted by atomic mass is 10.2. The van der Waals surface area contributed by atoms with Crippen LogP contribution < -0.4 is 5.32 Å². The highest BCUT2D eigenvalue weighted by molar-refractivity contribution is 7.99. The fourth-order valence-electron chi connectivity index (χ4n) is 2.04. The molecule has 21 heavy (non-hydrogen) atoms. The molecule has 0 saturated carbocycles. The summed E-state index contributed by atoms with van der Waals surface area (Å²) in [5.74, 6) is 1.65. The largest absolute Gasteiger partial charge is 0.467 e. The first-order valence-electron chi connectivity index (χ1n) is 6.77. The summed E-state index contributed by atoms with van der Waals surface area (Å²) < 4.78 is 10.7. The molecule has 3 heterocycles. The second-order valence-electron chi connectivity index (χ2n) is 4.65. The number of amides is 1. The van der Waals surface area contributed by atoms with Crippen molar-refractivity contribution in [3.05, 3.63) is 30.0 Å². The van der Waals surface area contributed by atoms with Gasteiger partial charge in [-0.25, -0.2) is 4.98 Å². The number of aromatic nitrogens is 3. The Labute approximate surface area is 125 Å². The normalized spacial score (nSPS) is 18.0. The molecule has 7 nitrogen and oxygen atoms in total. The van der Waals surface area contributed by atoms with Gasteiger partial charge in [0.1, 0.15) is 11.9 Å². The molecule has 112 valence electrons. The quantitative estimate of drug-likeness (QED) is 0.788. The molecule has 0 bridgehead atoms. The number of hydrogen-bond acceptors (Lipinski definition) is 6. The van der Waals surface area contributed by atoms with Gasteiger partial charge in [0, 0.05) is 6.61 Å². The minimum Gasteiger partial charge on any atom is -0.467 e. The van der Waals surface area contributed by atoms with Crippen molar-refractivity contribution in [1.29, 1.82) is 0 Å². The van der Waals surface area contributed by atoms with Crippen LogP contribution in [0, 0.1) is 0 Å². The number of H-pyrrole nitrogens is 1. The van der Waals surface area contributed by atoms with Gasteiger partial charge in [0.2, 0.25) is 11.1 Å². The van der Waals surface area contributed by atoms with Gasteiger partial charge in [0.05, 0.1) is 18.6 Å². The molecule has 2 N–H and O–H groups in total. The maximum Gasteiger partial charge on any atom is 0.230 e. The van der Waals surface area contributed by atoms with Crippen molar-refractivity contribution in [2.75, 3.05) is 12.4 Å². The van der Waals surface area contributed by atoms with Crippen molar-refractivity contribution >= 4 is 17.7 Å². The molecule has 0 unspecified atom stereocenters. The highest BCUT2D eigenvalue weighted by atomic mass is 32.2. The zero-order chi connectivity index (χ0) is 14.5. The Morgan fingerprint density at radius 2 is 2.52 bits per heavy atom. The predicted octanol–water partition coefficient (Wildman–Crippen LogP) is 1.66. The number of thioether (sulfide) groups is 1. The van der Waals surface area contributed by atoms with Crippen LogP contribution in [0.3, 0.4) is 0 Å². The fourth-order valence-corrected chi connectivity index (χ4v) is 2.68. The van der Waals surface area contributed by atoms with E-state index >= 15 is 0 Å². The molecule has 1 fully saturated rings. The molecule has 2 aromatic rings. The second kappa shape index (κ2) is 6.77. The lowest BCUT2D eigenvalue weighted by molar-refractivity contribution is -0.118. The molecule has 1 saturated heterocycles. The molecule has 8 heteroatoms. The van der Waals surface area contributed by atoms with Crippen LogP contribution in [-0.4, -0.2) is 33.4 Å². The Bertz CT molecular complexity index is 578. The van der Waals surface area contributed by atoms with Crippen LogP contribution in [0.4, 0.5) is 0 Å². The van der Waals surface area contributed by atoms with E-state index in [-0.39, 0.29) is 17.8 Å². The van der Waals surface area contributed by atoms with Crippen molar-refractivity contribution in [2.45, 2.75) is 30.6 Å². The number of ether oxygens (including phenoxy) is 1. The summed E-state index contributed by atoms with van der Waals surface area (Å²) in [5.41, 5.74) is 0. The van der Waals surface area contributed by atoms with E-state index in [0.29, 0.717) is 11.7 Å². The van der Waals surface area contributed by atoms with Crippen LogP contribution in [0.15, 0.2) is 28.0 Å². The lowest BCUT2D eigenvalue weighted by Gasteiger charge is -2.03. The van der Waals surface area contributed by atoms with E-state index in [9.17, 15) is 4.79 Å². The number of hydrogen-bond donors (Lipinski definition) is 2. The van der Waals surface area contributed by atoms with Gasteiger partial charge in [-0.2, -0.15) is 0 Å². The number of nitrogens with zero attached hydrogens (tertiary/aromatic N) is 2. The first kappa shape index (κ1) is 14.2. The summed E-state index contributed by atoms with van der Waals surface area (Å²) in [7, 11) is 0. The van der Waals surface area contributed by atoms with Crippen molar-refractivity contribution < 1.29 is 13.9 Å². The highest BCUT2D eigenvalue weighted by Crippen LogP contribution is 2.26. The Morgan fingerprint density at radius 1 is 1.57 bits per heavy atom. The first-order valence-corrected chi connectivity index (χ1v) is 7.75. The van der Waals surface area contributed by atoms with Gasteiger partial charge in [-0.3, -0.25) is 9.89 Å². The fraction of sp³-hybridized carbons (Fsp3) is 0.462. The number of carbonyl (C=O) groups excluding carboxylic acids is 1. The monoisotopic (exact) mass is 308 g/mol. The third kappa shape index (κ3) is 3.85. The maximum atomic E-state index is 11.7. The Kier molecular flexibility index (Phi) is 4.56. The number of aromatic amines is 1. The van der Waals surface area contributed by atoms with E-state index in [1.807, 2.05) is 6.07 Å². The molecular weight excluding hydrogens is 292 g/mol. The SMILES string of the molecule is O=C(CSc1n[nH]c([C@H]2CCCO2)n1)NCc1ccco1. The molecular formula is C13H16N4O3S. The van der Waals surface area contributed by atoms with Crippen LogP contribution in [0.25, 0.3) is 0 Å². The Hall–Kier alpha value is -1.80. The third-order valence-electron chi connectivity index (χ3n) is 3.09. The van der Waals surface area contributed by atoms with Gasteiger partial charge in [0.25, 0.3) is 0 Å². The van der Waals surface area contributed by atoms with Gasteiger partial charge < -0.3 is 14.5 Å². The molecule has 1 atom stereocenters. The zero-order valence-electron chi connectivity index (χ0n) is 11.4. The minimum atomic E-state index is -0.0835. The predicted molar refractivity (Wildman–Crippen MR) is 75.6 cm³/mol. The van der Waals surface area contributed by atoms with Gasteiger partial charge in [-0.15, -0.1) is 5.10 Å². The summed E-state index contributed by atoms with van der Waals surface area (Å²) in [6.07, 6.45) is 3.60. The number of nitrogens with one attached hydrogen (secondary N) is 2. The maximum absolute atomic E-state index is 11.7. The lowest BCUT2D eigenvalue weighted by Crippen LogP contribution is -2.24. The summed E-state index contributed by atoms with van der Waals surface area (Å²) in [6.45, 7) is 1.16. The molecule has 3 rings (SSSR count). The smallest absolute Gasteiger partial charge is 0.230 e. The molecule has 0 aromatic carbocycles. The van der Waals surface area contributed by atoms with Crippen molar-refractivity contribution in [2.24, 2.45) is 0 Å². The summed E-state index contributed by atoms with van der Waals surface area (Å²) >= 11 is 1.29. The van der Waals surface area contributed by atoms with E-state index in [1.165, 1.54) is 11.8 Å². The standard InChI is InChI=1S/C13H16N4O3S/c18-11(14-7-9-3-1-5-19-9)8-21-13-15-12(16-17-13)10-4-2-6-20-10/h1,3,5,10H,2,4,6-8H2,(H,14,18)(H,15,16,17)/t10-/m1/s1. The van der Waals surface area contributed by atoms with Crippen molar-refractivity contribution in [3.63, 3.8) is 0 Å². The van der Waals surface area contributed by atoms with Gasteiger partial charge in [0.15, 0.2) is 5.82 Å². The first-order chi connectivity index (χ1) is 10.3. The van der Waals surface area contributed by atoms with Crippen LogP contribution >= 0.6 is 11.8 Å². The summed E-state index contributed by atoms with van der Waals surface area (Å²) in [4.78, 5) is 16.1. The van der Waals surface area contributed by atoms with Crippen LogP contribution in [0.1, 0.15) is 30.5 Å². The number of carbonyl (C=O) groups is 1. The van der Waals surface area contributed by atoms with E-state index in [0.717, 1.165) is 31.0 Å². The summed E-state index contributed by atoms with van der Waals surface area (Å²) in [5, 5.41) is 10.3. The second-order valence-corrected chi connectivity index (χ2v) is 5.59. The van der Waals surface area contributed by atoms with Crippen LogP contribution in [0.5, 0.6) is 0 Å². The van der Waals surface area contributed by atoms with Crippen molar-refractivity contribution in [3.8, 4) is 0 Å². The van der Waals surface area contributed by atoms with Crippen LogP contribution in [0.2, 0.25) is 0 Å². The summed E-state index contributed by atoms with van der Waals surface area (Å²) in [6, 6.07) is 3.60.